The first-order valence-corrected chi connectivity index (χ1v) is 5.23. The van der Waals surface area contributed by atoms with Crippen LogP contribution in [0, 0.1) is 11.3 Å². The third-order valence-corrected chi connectivity index (χ3v) is 2.40. The second-order valence-electron chi connectivity index (χ2n) is 3.09. The topological polar surface area (TPSA) is 59.3 Å². The van der Waals surface area contributed by atoms with Gasteiger partial charge in [-0.15, -0.1) is 11.6 Å². The van der Waals surface area contributed by atoms with E-state index in [0.717, 1.165) is 7.11 Å². The molecule has 0 aromatic heterocycles. The number of hydrogen-bond donors (Lipinski definition) is 0. The minimum Gasteiger partial charge on any atom is -0.465 e. The highest BCUT2D eigenvalue weighted by molar-refractivity contribution is 6.17. The van der Waals surface area contributed by atoms with Crippen LogP contribution in [0.2, 0.25) is 0 Å². The number of methoxy groups -OCH3 is 1. The molecule has 0 radical (unpaired) electrons. The van der Waals surface area contributed by atoms with Crippen molar-refractivity contribution in [3.05, 3.63) is 28.8 Å². The predicted molar refractivity (Wildman–Crippen MR) is 58.7 cm³/mol. The van der Waals surface area contributed by atoms with Crippen molar-refractivity contribution in [1.29, 1.82) is 5.26 Å². The average molecular weight is 276 g/mol. The molecule has 0 spiro atoms. The van der Waals surface area contributed by atoms with E-state index in [-0.39, 0.29) is 17.0 Å². The number of carbonyl (C=O) groups excluding carboxylic acids is 1. The molecule has 0 fully saturated rings. The van der Waals surface area contributed by atoms with Gasteiger partial charge in [0, 0.05) is 5.88 Å². The van der Waals surface area contributed by atoms with E-state index in [1.165, 1.54) is 12.1 Å². The SMILES string of the molecule is COC(=O)c1ccc(CCl)c(C#N)c1OC(F)F. The lowest BCUT2D eigenvalue weighted by atomic mass is 10.0. The number of ether oxygens (including phenoxy) is 2. The first kappa shape index (κ1) is 14.2. The Morgan fingerprint density at radius 3 is 2.67 bits per heavy atom. The van der Waals surface area contributed by atoms with Gasteiger partial charge in [0.05, 0.1) is 12.7 Å². The van der Waals surface area contributed by atoms with Gasteiger partial charge >= 0.3 is 12.6 Å². The molecule has 0 aliphatic rings. The first-order chi connectivity index (χ1) is 8.54. The first-order valence-electron chi connectivity index (χ1n) is 4.70. The number of esters is 1. The molecule has 1 rings (SSSR count). The fourth-order valence-electron chi connectivity index (χ4n) is 1.34. The van der Waals surface area contributed by atoms with E-state index in [4.69, 9.17) is 16.9 Å². The van der Waals surface area contributed by atoms with Gasteiger partial charge in [0.1, 0.15) is 11.6 Å². The van der Waals surface area contributed by atoms with Crippen LogP contribution in [0.4, 0.5) is 8.78 Å². The van der Waals surface area contributed by atoms with E-state index in [0.29, 0.717) is 5.56 Å². The Morgan fingerprint density at radius 2 is 2.22 bits per heavy atom. The number of alkyl halides is 3. The standard InChI is InChI=1S/C11H8ClF2NO3/c1-17-10(16)7-3-2-6(4-12)8(5-15)9(7)18-11(13)14/h2-3,11H,4H2,1H3. The fourth-order valence-corrected chi connectivity index (χ4v) is 1.56. The van der Waals surface area contributed by atoms with Gasteiger partial charge in [0.2, 0.25) is 0 Å². The van der Waals surface area contributed by atoms with Crippen LogP contribution in [0.25, 0.3) is 0 Å². The van der Waals surface area contributed by atoms with E-state index >= 15 is 0 Å². The van der Waals surface area contributed by atoms with Gasteiger partial charge in [0.15, 0.2) is 5.75 Å². The Balaban J connectivity index is 3.44. The van der Waals surface area contributed by atoms with Gasteiger partial charge in [-0.25, -0.2) is 4.79 Å². The largest absolute Gasteiger partial charge is 0.465 e. The minimum absolute atomic E-state index is 0.0655. The molecule has 0 aliphatic carbocycles. The van der Waals surface area contributed by atoms with Crippen molar-refractivity contribution in [2.75, 3.05) is 7.11 Å². The number of rotatable bonds is 4. The molecule has 0 bridgehead atoms. The Morgan fingerprint density at radius 1 is 1.56 bits per heavy atom. The second kappa shape index (κ2) is 6.17. The van der Waals surface area contributed by atoms with Gasteiger partial charge in [-0.05, 0) is 11.6 Å². The number of halogens is 3. The monoisotopic (exact) mass is 275 g/mol. The van der Waals surface area contributed by atoms with Crippen LogP contribution in [-0.4, -0.2) is 19.7 Å². The molecule has 18 heavy (non-hydrogen) atoms. The summed E-state index contributed by atoms with van der Waals surface area (Å²) < 4.78 is 33.2. The fraction of sp³-hybridized carbons (Fsp3) is 0.273. The normalized spacial score (nSPS) is 10.0. The summed E-state index contributed by atoms with van der Waals surface area (Å²) in [5, 5.41) is 8.94. The summed E-state index contributed by atoms with van der Waals surface area (Å²) in [4.78, 5) is 11.4. The quantitative estimate of drug-likeness (QED) is 0.626. The lowest BCUT2D eigenvalue weighted by Gasteiger charge is -2.12. The van der Waals surface area contributed by atoms with Gasteiger partial charge in [0.25, 0.3) is 0 Å². The van der Waals surface area contributed by atoms with Crippen LogP contribution < -0.4 is 4.74 Å². The summed E-state index contributed by atoms with van der Waals surface area (Å²) in [5.41, 5.74) is -0.154. The maximum atomic E-state index is 12.3. The molecule has 0 amide bonds. The molecule has 0 atom stereocenters. The summed E-state index contributed by atoms with van der Waals surface area (Å²) >= 11 is 5.57. The van der Waals surface area contributed by atoms with Crippen LogP contribution in [0.3, 0.4) is 0 Å². The maximum absolute atomic E-state index is 12.3. The van der Waals surface area contributed by atoms with E-state index in [2.05, 4.69) is 9.47 Å². The second-order valence-corrected chi connectivity index (χ2v) is 3.36. The minimum atomic E-state index is -3.16. The molecule has 0 unspecified atom stereocenters. The van der Waals surface area contributed by atoms with E-state index in [9.17, 15) is 13.6 Å². The van der Waals surface area contributed by atoms with Crippen LogP contribution in [0.1, 0.15) is 21.5 Å². The Labute approximate surface area is 107 Å². The van der Waals surface area contributed by atoms with Crippen LogP contribution in [0.15, 0.2) is 12.1 Å². The Bertz CT molecular complexity index is 500. The van der Waals surface area contributed by atoms with E-state index < -0.39 is 18.3 Å². The third kappa shape index (κ3) is 2.87. The Hall–Kier alpha value is -1.87. The van der Waals surface area contributed by atoms with E-state index in [1.54, 1.807) is 6.07 Å². The highest BCUT2D eigenvalue weighted by Crippen LogP contribution is 2.30. The molecule has 0 heterocycles. The Kier molecular flexibility index (Phi) is 4.86. The summed E-state index contributed by atoms with van der Waals surface area (Å²) in [6, 6.07) is 4.30. The van der Waals surface area contributed by atoms with Gasteiger partial charge in [-0.2, -0.15) is 14.0 Å². The molecule has 4 nitrogen and oxygen atoms in total. The number of carbonyl (C=O) groups is 1. The van der Waals surface area contributed by atoms with Crippen molar-refractivity contribution in [1.82, 2.24) is 0 Å². The van der Waals surface area contributed by atoms with Crippen LogP contribution in [0.5, 0.6) is 5.75 Å². The molecule has 1 aromatic carbocycles. The van der Waals surface area contributed by atoms with Crippen molar-refractivity contribution in [2.45, 2.75) is 12.5 Å². The molecular weight excluding hydrogens is 268 g/mol. The van der Waals surface area contributed by atoms with Crippen molar-refractivity contribution in [2.24, 2.45) is 0 Å². The average Bonchev–Trinajstić information content (AvgIpc) is 2.36. The van der Waals surface area contributed by atoms with Crippen LogP contribution in [-0.2, 0) is 10.6 Å². The lowest BCUT2D eigenvalue weighted by Crippen LogP contribution is -2.11. The molecule has 0 saturated carbocycles. The zero-order chi connectivity index (χ0) is 13.7. The van der Waals surface area contributed by atoms with Crippen molar-refractivity contribution in [3.8, 4) is 11.8 Å². The summed E-state index contributed by atoms with van der Waals surface area (Å²) in [7, 11) is 1.09. The number of benzene rings is 1. The van der Waals surface area contributed by atoms with Gasteiger partial charge in [-0.3, -0.25) is 0 Å². The van der Waals surface area contributed by atoms with E-state index in [1.807, 2.05) is 0 Å². The molecule has 0 saturated heterocycles. The maximum Gasteiger partial charge on any atom is 0.387 e. The van der Waals surface area contributed by atoms with Crippen LogP contribution >= 0.6 is 11.6 Å². The molecule has 7 heteroatoms. The predicted octanol–water partition coefficient (Wildman–Crippen LogP) is 2.69. The molecule has 0 N–H and O–H groups in total. The number of nitrogens with zero attached hydrogens (tertiary/aromatic N) is 1. The van der Waals surface area contributed by atoms with Crippen molar-refractivity contribution < 1.29 is 23.0 Å². The third-order valence-electron chi connectivity index (χ3n) is 2.11. The molecule has 96 valence electrons. The smallest absolute Gasteiger partial charge is 0.387 e. The highest BCUT2D eigenvalue weighted by Gasteiger charge is 2.22. The molecule has 0 aliphatic heterocycles. The lowest BCUT2D eigenvalue weighted by molar-refractivity contribution is -0.0506. The molecule has 1 aromatic rings. The zero-order valence-electron chi connectivity index (χ0n) is 9.25. The van der Waals surface area contributed by atoms with Gasteiger partial charge in [-0.1, -0.05) is 6.07 Å². The highest BCUT2D eigenvalue weighted by atomic mass is 35.5. The molecular formula is C11H8ClF2NO3. The summed E-state index contributed by atoms with van der Waals surface area (Å²) in [6.45, 7) is -3.16. The summed E-state index contributed by atoms with van der Waals surface area (Å²) in [5.74, 6) is -1.45. The summed E-state index contributed by atoms with van der Waals surface area (Å²) in [6.07, 6.45) is 0. The van der Waals surface area contributed by atoms with Crippen molar-refractivity contribution in [3.63, 3.8) is 0 Å². The van der Waals surface area contributed by atoms with Crippen molar-refractivity contribution >= 4 is 17.6 Å². The number of nitriles is 1. The van der Waals surface area contributed by atoms with Gasteiger partial charge < -0.3 is 9.47 Å². The number of hydrogen-bond acceptors (Lipinski definition) is 4. The zero-order valence-corrected chi connectivity index (χ0v) is 10.0.